The van der Waals surface area contributed by atoms with E-state index in [-0.39, 0.29) is 5.76 Å². The van der Waals surface area contributed by atoms with Crippen LogP contribution in [0.15, 0.2) is 40.8 Å². The van der Waals surface area contributed by atoms with E-state index in [0.29, 0.717) is 18.3 Å². The van der Waals surface area contributed by atoms with Crippen LogP contribution >= 0.6 is 0 Å². The standard InChI is InChI=1S/C24H28O4/c1-5-18(19-9-10-21(25)15(3)12-19)8-7-17-11-16(4)23-20(13-17)14-22(28-23)24(26)27-6-2/h9-14,18,25H,5-8H2,1-4H3. The van der Waals surface area contributed by atoms with Gasteiger partial charge in [-0.2, -0.15) is 0 Å². The first-order chi connectivity index (χ1) is 13.4. The van der Waals surface area contributed by atoms with Gasteiger partial charge in [0.25, 0.3) is 0 Å². The maximum Gasteiger partial charge on any atom is 0.374 e. The molecule has 0 aliphatic heterocycles. The van der Waals surface area contributed by atoms with Gasteiger partial charge in [-0.05, 0) is 86.4 Å². The van der Waals surface area contributed by atoms with Gasteiger partial charge in [0.15, 0.2) is 0 Å². The van der Waals surface area contributed by atoms with Gasteiger partial charge in [0, 0.05) is 5.39 Å². The number of esters is 1. The number of rotatable bonds is 7. The van der Waals surface area contributed by atoms with Crippen molar-refractivity contribution in [1.82, 2.24) is 0 Å². The fourth-order valence-corrected chi connectivity index (χ4v) is 3.73. The lowest BCUT2D eigenvalue weighted by Crippen LogP contribution is -2.02. The smallest absolute Gasteiger partial charge is 0.374 e. The summed E-state index contributed by atoms with van der Waals surface area (Å²) in [5.74, 6) is 0.614. The fraction of sp³-hybridized carbons (Fsp3) is 0.375. The van der Waals surface area contributed by atoms with Crippen molar-refractivity contribution in [3.63, 3.8) is 0 Å². The predicted octanol–water partition coefficient (Wildman–Crippen LogP) is 6.06. The molecule has 1 N–H and O–H groups in total. The second-order valence-corrected chi connectivity index (χ2v) is 7.35. The molecule has 0 radical (unpaired) electrons. The van der Waals surface area contributed by atoms with E-state index in [9.17, 15) is 9.90 Å². The molecule has 2 aromatic carbocycles. The quantitative estimate of drug-likeness (QED) is 0.506. The summed E-state index contributed by atoms with van der Waals surface area (Å²) < 4.78 is 10.7. The number of ether oxygens (including phenoxy) is 1. The summed E-state index contributed by atoms with van der Waals surface area (Å²) in [4.78, 5) is 11.9. The Hall–Kier alpha value is -2.75. The highest BCUT2D eigenvalue weighted by atomic mass is 16.5. The van der Waals surface area contributed by atoms with E-state index in [1.54, 1.807) is 19.1 Å². The fourth-order valence-electron chi connectivity index (χ4n) is 3.73. The number of furan rings is 1. The van der Waals surface area contributed by atoms with Gasteiger partial charge in [0.2, 0.25) is 5.76 Å². The number of hydrogen-bond acceptors (Lipinski definition) is 4. The molecule has 0 saturated carbocycles. The first kappa shape index (κ1) is 20.0. The second-order valence-electron chi connectivity index (χ2n) is 7.35. The highest BCUT2D eigenvalue weighted by molar-refractivity contribution is 5.93. The van der Waals surface area contributed by atoms with Gasteiger partial charge in [-0.15, -0.1) is 0 Å². The molecule has 1 heterocycles. The minimum Gasteiger partial charge on any atom is -0.508 e. The number of benzene rings is 2. The molecule has 1 atom stereocenters. The first-order valence-corrected chi connectivity index (χ1v) is 9.92. The summed E-state index contributed by atoms with van der Waals surface area (Å²) in [5, 5.41) is 10.7. The van der Waals surface area contributed by atoms with Crippen molar-refractivity contribution < 1.29 is 19.1 Å². The molecule has 1 aromatic heterocycles. The van der Waals surface area contributed by atoms with E-state index >= 15 is 0 Å². The topological polar surface area (TPSA) is 59.7 Å². The number of aryl methyl sites for hydroxylation is 3. The molecule has 0 amide bonds. The molecule has 0 bridgehead atoms. The van der Waals surface area contributed by atoms with Crippen LogP contribution in [0.4, 0.5) is 0 Å². The SMILES string of the molecule is CCOC(=O)c1cc2cc(CCC(CC)c3ccc(O)c(C)c3)cc(C)c2o1. The summed E-state index contributed by atoms with van der Waals surface area (Å²) in [6.07, 6.45) is 3.01. The molecule has 0 fully saturated rings. The van der Waals surface area contributed by atoms with Crippen LogP contribution in [-0.4, -0.2) is 17.7 Å². The number of carbonyl (C=O) groups excluding carboxylic acids is 1. The van der Waals surface area contributed by atoms with Gasteiger partial charge < -0.3 is 14.3 Å². The lowest BCUT2D eigenvalue weighted by molar-refractivity contribution is 0.0492. The van der Waals surface area contributed by atoms with Crippen LogP contribution in [0.5, 0.6) is 5.75 Å². The highest BCUT2D eigenvalue weighted by Crippen LogP contribution is 2.30. The third kappa shape index (κ3) is 4.22. The van der Waals surface area contributed by atoms with Crippen molar-refractivity contribution in [2.45, 2.75) is 52.9 Å². The van der Waals surface area contributed by atoms with Gasteiger partial charge >= 0.3 is 5.97 Å². The molecule has 0 saturated heterocycles. The zero-order valence-electron chi connectivity index (χ0n) is 17.0. The highest BCUT2D eigenvalue weighted by Gasteiger charge is 2.16. The summed E-state index contributed by atoms with van der Waals surface area (Å²) >= 11 is 0. The van der Waals surface area contributed by atoms with Gasteiger partial charge in [-0.1, -0.05) is 25.1 Å². The lowest BCUT2D eigenvalue weighted by Gasteiger charge is -2.16. The van der Waals surface area contributed by atoms with Crippen LogP contribution in [0.1, 0.15) is 65.4 Å². The van der Waals surface area contributed by atoms with E-state index in [1.807, 2.05) is 19.9 Å². The average Bonchev–Trinajstić information content (AvgIpc) is 3.10. The molecule has 0 aliphatic carbocycles. The predicted molar refractivity (Wildman–Crippen MR) is 111 cm³/mol. The third-order valence-corrected chi connectivity index (χ3v) is 5.30. The molecule has 3 rings (SSSR count). The van der Waals surface area contributed by atoms with Crippen LogP contribution in [0, 0.1) is 13.8 Å². The van der Waals surface area contributed by atoms with Crippen molar-refractivity contribution in [2.75, 3.05) is 6.61 Å². The minimum atomic E-state index is -0.423. The Bertz CT molecular complexity index is 984. The van der Waals surface area contributed by atoms with E-state index < -0.39 is 5.97 Å². The maximum atomic E-state index is 11.9. The minimum absolute atomic E-state index is 0.253. The summed E-state index contributed by atoms with van der Waals surface area (Å²) in [6, 6.07) is 11.9. The summed E-state index contributed by atoms with van der Waals surface area (Å²) in [7, 11) is 0. The first-order valence-electron chi connectivity index (χ1n) is 9.92. The Morgan fingerprint density at radius 2 is 1.89 bits per heavy atom. The molecule has 0 aliphatic rings. The van der Waals surface area contributed by atoms with Crippen LogP contribution < -0.4 is 0 Å². The van der Waals surface area contributed by atoms with Gasteiger partial charge in [-0.3, -0.25) is 0 Å². The largest absolute Gasteiger partial charge is 0.508 e. The van der Waals surface area contributed by atoms with E-state index in [1.165, 1.54) is 11.1 Å². The zero-order valence-corrected chi connectivity index (χ0v) is 17.0. The zero-order chi connectivity index (χ0) is 20.3. The van der Waals surface area contributed by atoms with Gasteiger partial charge in [-0.25, -0.2) is 4.79 Å². The Morgan fingerprint density at radius 1 is 1.11 bits per heavy atom. The Kier molecular flexibility index (Phi) is 6.08. The normalized spacial score (nSPS) is 12.3. The second kappa shape index (κ2) is 8.51. The average molecular weight is 380 g/mol. The molecule has 4 nitrogen and oxygen atoms in total. The number of carbonyl (C=O) groups is 1. The van der Waals surface area contributed by atoms with Crippen molar-refractivity contribution in [3.05, 3.63) is 64.4 Å². The lowest BCUT2D eigenvalue weighted by atomic mass is 9.89. The molecule has 0 spiro atoms. The summed E-state index contributed by atoms with van der Waals surface area (Å²) in [5.41, 5.74) is 5.18. The number of phenols is 1. The monoisotopic (exact) mass is 380 g/mol. The van der Waals surface area contributed by atoms with Crippen molar-refractivity contribution >= 4 is 16.9 Å². The van der Waals surface area contributed by atoms with Crippen molar-refractivity contribution in [3.8, 4) is 5.75 Å². The van der Waals surface area contributed by atoms with Crippen LogP contribution in [-0.2, 0) is 11.2 Å². The number of phenolic OH excluding ortho intramolecular Hbond substituents is 1. The maximum absolute atomic E-state index is 11.9. The van der Waals surface area contributed by atoms with E-state index in [4.69, 9.17) is 9.15 Å². The molecule has 148 valence electrons. The molecule has 28 heavy (non-hydrogen) atoms. The van der Waals surface area contributed by atoms with Crippen LogP contribution in [0.2, 0.25) is 0 Å². The Morgan fingerprint density at radius 3 is 2.57 bits per heavy atom. The molecule has 3 aromatic rings. The molecular weight excluding hydrogens is 352 g/mol. The van der Waals surface area contributed by atoms with Crippen LogP contribution in [0.25, 0.3) is 11.0 Å². The van der Waals surface area contributed by atoms with Crippen LogP contribution in [0.3, 0.4) is 0 Å². The number of aromatic hydroxyl groups is 1. The van der Waals surface area contributed by atoms with Crippen molar-refractivity contribution in [2.24, 2.45) is 0 Å². The molecular formula is C24H28O4. The van der Waals surface area contributed by atoms with Gasteiger partial charge in [0.05, 0.1) is 6.61 Å². The Balaban J connectivity index is 1.79. The van der Waals surface area contributed by atoms with E-state index in [0.717, 1.165) is 41.4 Å². The Labute approximate surface area is 166 Å². The van der Waals surface area contributed by atoms with Gasteiger partial charge in [0.1, 0.15) is 11.3 Å². The summed E-state index contributed by atoms with van der Waals surface area (Å²) in [6.45, 7) is 8.25. The number of hydrogen-bond donors (Lipinski definition) is 1. The third-order valence-electron chi connectivity index (χ3n) is 5.30. The van der Waals surface area contributed by atoms with Crippen molar-refractivity contribution in [1.29, 1.82) is 0 Å². The van der Waals surface area contributed by atoms with E-state index in [2.05, 4.69) is 25.1 Å². The molecule has 4 heteroatoms. The molecule has 1 unspecified atom stereocenters. The number of fused-ring (bicyclic) bond motifs is 1.